The second kappa shape index (κ2) is 3.84. The molecule has 0 saturated carbocycles. The standard InChI is InChI=1S/C7H14N2O3/c1-4(10)9-5-2-8-3-6(11)7(5)12/h5-8,11-12H,2-3H2,1H3,(H,9,10)/t5-,6+,7-/m1/s1. The smallest absolute Gasteiger partial charge is 0.217 e. The Bertz CT molecular complexity index is 174. The summed E-state index contributed by atoms with van der Waals surface area (Å²) in [4.78, 5) is 10.6. The number of amides is 1. The van der Waals surface area contributed by atoms with Crippen molar-refractivity contribution in [2.75, 3.05) is 13.1 Å². The second-order valence-electron chi connectivity index (χ2n) is 3.02. The summed E-state index contributed by atoms with van der Waals surface area (Å²) in [6.07, 6.45) is -1.66. The van der Waals surface area contributed by atoms with Gasteiger partial charge in [0.2, 0.25) is 5.91 Å². The molecule has 5 heteroatoms. The van der Waals surface area contributed by atoms with E-state index in [-0.39, 0.29) is 11.9 Å². The highest BCUT2D eigenvalue weighted by Crippen LogP contribution is 2.03. The molecule has 1 fully saturated rings. The number of aliphatic hydroxyl groups excluding tert-OH is 2. The zero-order valence-electron chi connectivity index (χ0n) is 6.95. The minimum atomic E-state index is -0.866. The monoisotopic (exact) mass is 174 g/mol. The molecule has 1 rings (SSSR count). The fourth-order valence-corrected chi connectivity index (χ4v) is 1.29. The molecule has 12 heavy (non-hydrogen) atoms. The minimum absolute atomic E-state index is 0.199. The molecule has 4 N–H and O–H groups in total. The van der Waals surface area contributed by atoms with Gasteiger partial charge in [-0.1, -0.05) is 0 Å². The van der Waals surface area contributed by atoms with Crippen LogP contribution in [0.15, 0.2) is 0 Å². The van der Waals surface area contributed by atoms with Crippen LogP contribution in [0.2, 0.25) is 0 Å². The molecule has 0 bridgehead atoms. The van der Waals surface area contributed by atoms with Crippen molar-refractivity contribution in [3.8, 4) is 0 Å². The van der Waals surface area contributed by atoms with Crippen LogP contribution in [0.5, 0.6) is 0 Å². The van der Waals surface area contributed by atoms with Crippen LogP contribution in [0.1, 0.15) is 6.92 Å². The molecule has 0 aromatic rings. The lowest BCUT2D eigenvalue weighted by atomic mass is 10.0. The van der Waals surface area contributed by atoms with Crippen molar-refractivity contribution < 1.29 is 15.0 Å². The van der Waals surface area contributed by atoms with Crippen LogP contribution in [0.25, 0.3) is 0 Å². The van der Waals surface area contributed by atoms with E-state index in [4.69, 9.17) is 0 Å². The van der Waals surface area contributed by atoms with Crippen LogP contribution in [-0.2, 0) is 4.79 Å². The average Bonchev–Trinajstić information content (AvgIpc) is 1.98. The van der Waals surface area contributed by atoms with Gasteiger partial charge in [-0.2, -0.15) is 0 Å². The van der Waals surface area contributed by atoms with Gasteiger partial charge in [-0.3, -0.25) is 4.79 Å². The molecule has 0 radical (unpaired) electrons. The Balaban J connectivity index is 2.46. The SMILES string of the molecule is CC(=O)N[C@@H]1CNC[C@H](O)[C@@H]1O. The first-order valence-electron chi connectivity index (χ1n) is 3.95. The summed E-state index contributed by atoms with van der Waals surface area (Å²) in [6, 6.07) is -0.383. The zero-order chi connectivity index (χ0) is 9.14. The number of aliphatic hydroxyl groups is 2. The molecular weight excluding hydrogens is 160 g/mol. The Kier molecular flexibility index (Phi) is 3.02. The van der Waals surface area contributed by atoms with Crippen molar-refractivity contribution in [1.29, 1.82) is 0 Å². The Morgan fingerprint density at radius 2 is 2.17 bits per heavy atom. The molecule has 0 unspecified atom stereocenters. The van der Waals surface area contributed by atoms with E-state index in [1.54, 1.807) is 0 Å². The van der Waals surface area contributed by atoms with Crippen LogP contribution >= 0.6 is 0 Å². The Morgan fingerprint density at radius 3 is 2.75 bits per heavy atom. The maximum atomic E-state index is 10.6. The van der Waals surface area contributed by atoms with E-state index >= 15 is 0 Å². The van der Waals surface area contributed by atoms with Crippen LogP contribution < -0.4 is 10.6 Å². The summed E-state index contributed by atoms with van der Waals surface area (Å²) < 4.78 is 0. The Hall–Kier alpha value is -0.650. The van der Waals surface area contributed by atoms with Crippen molar-refractivity contribution in [3.05, 3.63) is 0 Å². The maximum Gasteiger partial charge on any atom is 0.217 e. The Labute approximate surface area is 70.8 Å². The molecule has 1 heterocycles. The summed E-state index contributed by atoms with van der Waals surface area (Å²) >= 11 is 0. The van der Waals surface area contributed by atoms with E-state index in [2.05, 4.69) is 10.6 Å². The normalized spacial score (nSPS) is 36.1. The van der Waals surface area contributed by atoms with Crippen molar-refractivity contribution in [2.45, 2.75) is 25.2 Å². The zero-order valence-corrected chi connectivity index (χ0v) is 6.95. The maximum absolute atomic E-state index is 10.6. The topological polar surface area (TPSA) is 81.6 Å². The number of β-amino-alcohol motifs (C(OH)–C–C–N with tert-alkyl or cyclic N) is 1. The van der Waals surface area contributed by atoms with E-state index < -0.39 is 12.2 Å². The Morgan fingerprint density at radius 1 is 1.50 bits per heavy atom. The van der Waals surface area contributed by atoms with E-state index in [1.807, 2.05) is 0 Å². The van der Waals surface area contributed by atoms with Crippen molar-refractivity contribution >= 4 is 5.91 Å². The highest BCUT2D eigenvalue weighted by Gasteiger charge is 2.30. The van der Waals surface area contributed by atoms with Gasteiger partial charge < -0.3 is 20.8 Å². The van der Waals surface area contributed by atoms with Gasteiger partial charge in [-0.15, -0.1) is 0 Å². The lowest BCUT2D eigenvalue weighted by Crippen LogP contribution is -2.59. The van der Waals surface area contributed by atoms with Crippen molar-refractivity contribution in [2.24, 2.45) is 0 Å². The third-order valence-corrected chi connectivity index (χ3v) is 1.91. The molecule has 0 aliphatic carbocycles. The second-order valence-corrected chi connectivity index (χ2v) is 3.02. The molecule has 0 aromatic carbocycles. The molecule has 70 valence electrons. The lowest BCUT2D eigenvalue weighted by molar-refractivity contribution is -0.121. The fraction of sp³-hybridized carbons (Fsp3) is 0.857. The molecule has 0 aromatic heterocycles. The van der Waals surface area contributed by atoms with Crippen molar-refractivity contribution in [3.63, 3.8) is 0 Å². The van der Waals surface area contributed by atoms with Crippen LogP contribution in [-0.4, -0.2) is 47.5 Å². The molecule has 1 aliphatic heterocycles. The van der Waals surface area contributed by atoms with Crippen LogP contribution in [0, 0.1) is 0 Å². The van der Waals surface area contributed by atoms with E-state index in [0.29, 0.717) is 13.1 Å². The summed E-state index contributed by atoms with van der Waals surface area (Å²) in [5.74, 6) is -0.199. The highest BCUT2D eigenvalue weighted by molar-refractivity contribution is 5.73. The first kappa shape index (κ1) is 9.44. The summed E-state index contributed by atoms with van der Waals surface area (Å²) in [6.45, 7) is 2.25. The third kappa shape index (κ3) is 2.17. The molecule has 1 amide bonds. The number of carbonyl (C=O) groups excluding carboxylic acids is 1. The first-order valence-corrected chi connectivity index (χ1v) is 3.95. The van der Waals surface area contributed by atoms with Gasteiger partial charge in [0.15, 0.2) is 0 Å². The number of hydrogen-bond acceptors (Lipinski definition) is 4. The van der Waals surface area contributed by atoms with Gasteiger partial charge in [0.1, 0.15) is 6.10 Å². The number of rotatable bonds is 1. The largest absolute Gasteiger partial charge is 0.389 e. The fourth-order valence-electron chi connectivity index (χ4n) is 1.29. The van der Waals surface area contributed by atoms with Gasteiger partial charge in [-0.05, 0) is 0 Å². The average molecular weight is 174 g/mol. The molecule has 1 saturated heterocycles. The van der Waals surface area contributed by atoms with Gasteiger partial charge >= 0.3 is 0 Å². The highest BCUT2D eigenvalue weighted by atomic mass is 16.3. The van der Waals surface area contributed by atoms with E-state index in [9.17, 15) is 15.0 Å². The van der Waals surface area contributed by atoms with Gasteiger partial charge in [0, 0.05) is 20.0 Å². The van der Waals surface area contributed by atoms with Gasteiger partial charge in [-0.25, -0.2) is 0 Å². The predicted molar refractivity (Wildman–Crippen MR) is 42.5 cm³/mol. The van der Waals surface area contributed by atoms with E-state index in [0.717, 1.165) is 0 Å². The minimum Gasteiger partial charge on any atom is -0.389 e. The quantitative estimate of drug-likeness (QED) is 0.364. The summed E-state index contributed by atoms with van der Waals surface area (Å²) in [7, 11) is 0. The number of hydrogen-bond donors (Lipinski definition) is 4. The molecule has 0 spiro atoms. The predicted octanol–water partition coefficient (Wildman–Crippen LogP) is -2.18. The van der Waals surface area contributed by atoms with Crippen molar-refractivity contribution in [1.82, 2.24) is 10.6 Å². The molecular formula is C7H14N2O3. The van der Waals surface area contributed by atoms with Gasteiger partial charge in [0.05, 0.1) is 12.1 Å². The van der Waals surface area contributed by atoms with Crippen LogP contribution in [0.3, 0.4) is 0 Å². The van der Waals surface area contributed by atoms with E-state index in [1.165, 1.54) is 6.92 Å². The third-order valence-electron chi connectivity index (χ3n) is 1.91. The van der Waals surface area contributed by atoms with Crippen LogP contribution in [0.4, 0.5) is 0 Å². The molecule has 1 aliphatic rings. The lowest BCUT2D eigenvalue weighted by Gasteiger charge is -2.32. The van der Waals surface area contributed by atoms with Gasteiger partial charge in [0.25, 0.3) is 0 Å². The summed E-state index contributed by atoms with van der Waals surface area (Å²) in [5, 5.41) is 24.0. The summed E-state index contributed by atoms with van der Waals surface area (Å²) in [5.41, 5.74) is 0. The molecule has 5 nitrogen and oxygen atoms in total. The number of nitrogens with one attached hydrogen (secondary N) is 2. The number of carbonyl (C=O) groups is 1. The first-order chi connectivity index (χ1) is 5.61. The number of piperidine rings is 1. The molecule has 3 atom stereocenters.